The van der Waals surface area contributed by atoms with Gasteiger partial charge in [0.05, 0.1) is 19.4 Å². The molecule has 1 aliphatic heterocycles. The van der Waals surface area contributed by atoms with E-state index in [1.807, 2.05) is 43.3 Å². The van der Waals surface area contributed by atoms with Gasteiger partial charge >= 0.3 is 0 Å². The van der Waals surface area contributed by atoms with Crippen molar-refractivity contribution in [2.45, 2.75) is 32.9 Å². The summed E-state index contributed by atoms with van der Waals surface area (Å²) in [5.74, 6) is 2.13. The van der Waals surface area contributed by atoms with Crippen molar-refractivity contribution in [1.29, 1.82) is 0 Å². The normalized spacial score (nSPS) is 15.6. The second kappa shape index (κ2) is 8.39. The van der Waals surface area contributed by atoms with Crippen LogP contribution in [0.15, 0.2) is 51.6 Å². The van der Waals surface area contributed by atoms with Crippen LogP contribution in [-0.4, -0.2) is 34.0 Å². The molecule has 3 aromatic rings. The number of nitrogens with one attached hydrogen (secondary N) is 1. The molecule has 1 aliphatic rings. The first-order valence-corrected chi connectivity index (χ1v) is 9.59. The van der Waals surface area contributed by atoms with Crippen LogP contribution in [0.1, 0.15) is 30.0 Å². The fourth-order valence-electron chi connectivity index (χ4n) is 3.50. The van der Waals surface area contributed by atoms with Crippen LogP contribution in [-0.2, 0) is 17.9 Å². The number of nitrogens with zero attached hydrogens (tertiary/aromatic N) is 3. The maximum Gasteiger partial charge on any atom is 0.257 e. The molecule has 0 bridgehead atoms. The van der Waals surface area contributed by atoms with Crippen molar-refractivity contribution in [2.24, 2.45) is 5.92 Å². The smallest absolute Gasteiger partial charge is 0.257 e. The number of aromatic nitrogens is 2. The Morgan fingerprint density at radius 3 is 2.86 bits per heavy atom. The van der Waals surface area contributed by atoms with Crippen molar-refractivity contribution in [2.75, 3.05) is 13.1 Å². The van der Waals surface area contributed by atoms with E-state index in [1.54, 1.807) is 6.26 Å². The van der Waals surface area contributed by atoms with Crippen molar-refractivity contribution in [3.05, 3.63) is 59.8 Å². The molecular formula is C21H24N4O3. The number of piperidine rings is 1. The van der Waals surface area contributed by atoms with Gasteiger partial charge in [-0.2, -0.15) is 4.98 Å². The molecule has 1 aromatic carbocycles. The van der Waals surface area contributed by atoms with Gasteiger partial charge in [0.2, 0.25) is 5.91 Å². The zero-order valence-corrected chi connectivity index (χ0v) is 15.9. The molecule has 7 nitrogen and oxygen atoms in total. The molecule has 0 unspecified atom stereocenters. The number of furan rings is 1. The molecule has 0 saturated carbocycles. The van der Waals surface area contributed by atoms with E-state index >= 15 is 0 Å². The third-order valence-corrected chi connectivity index (χ3v) is 5.07. The summed E-state index contributed by atoms with van der Waals surface area (Å²) < 4.78 is 10.7. The Bertz CT molecular complexity index is 911. The van der Waals surface area contributed by atoms with E-state index in [1.165, 1.54) is 0 Å². The highest BCUT2D eigenvalue weighted by Crippen LogP contribution is 2.21. The predicted molar refractivity (Wildman–Crippen MR) is 103 cm³/mol. The van der Waals surface area contributed by atoms with Crippen molar-refractivity contribution < 1.29 is 13.7 Å². The Kier molecular flexibility index (Phi) is 5.53. The summed E-state index contributed by atoms with van der Waals surface area (Å²) in [5, 5.41) is 7.07. The first-order valence-electron chi connectivity index (χ1n) is 9.59. The Morgan fingerprint density at radius 2 is 2.11 bits per heavy atom. The second-order valence-corrected chi connectivity index (χ2v) is 7.23. The van der Waals surface area contributed by atoms with Crippen LogP contribution in [0.25, 0.3) is 11.5 Å². The van der Waals surface area contributed by atoms with Gasteiger partial charge in [-0.15, -0.1) is 0 Å². The predicted octanol–water partition coefficient (Wildman–Crippen LogP) is 3.17. The first kappa shape index (κ1) is 18.4. The lowest BCUT2D eigenvalue weighted by Gasteiger charge is -2.30. The summed E-state index contributed by atoms with van der Waals surface area (Å²) in [7, 11) is 0. The van der Waals surface area contributed by atoms with Gasteiger partial charge in [0.1, 0.15) is 5.76 Å². The maximum atomic E-state index is 12.3. The highest BCUT2D eigenvalue weighted by Gasteiger charge is 2.25. The fraction of sp³-hybridized carbons (Fsp3) is 0.381. The first-order chi connectivity index (χ1) is 13.7. The van der Waals surface area contributed by atoms with Crippen LogP contribution in [0, 0.1) is 12.8 Å². The summed E-state index contributed by atoms with van der Waals surface area (Å²) in [4.78, 5) is 19.1. The van der Waals surface area contributed by atoms with Gasteiger partial charge in [0, 0.05) is 11.5 Å². The average Bonchev–Trinajstić information content (AvgIpc) is 3.39. The zero-order chi connectivity index (χ0) is 19.3. The molecule has 3 heterocycles. The monoisotopic (exact) mass is 380 g/mol. The third-order valence-electron chi connectivity index (χ3n) is 5.07. The minimum atomic E-state index is 0.0411. The topological polar surface area (TPSA) is 84.4 Å². The molecule has 7 heteroatoms. The second-order valence-electron chi connectivity index (χ2n) is 7.23. The lowest BCUT2D eigenvalue weighted by Crippen LogP contribution is -2.40. The van der Waals surface area contributed by atoms with Crippen LogP contribution in [0.3, 0.4) is 0 Å². The van der Waals surface area contributed by atoms with Crippen LogP contribution >= 0.6 is 0 Å². The molecule has 2 aromatic heterocycles. The maximum absolute atomic E-state index is 12.3. The van der Waals surface area contributed by atoms with Crippen molar-refractivity contribution in [1.82, 2.24) is 20.4 Å². The van der Waals surface area contributed by atoms with E-state index < -0.39 is 0 Å². The van der Waals surface area contributed by atoms with Gasteiger partial charge < -0.3 is 14.3 Å². The van der Waals surface area contributed by atoms with Crippen LogP contribution in [0.5, 0.6) is 0 Å². The Labute approximate surface area is 163 Å². The molecule has 1 amide bonds. The minimum absolute atomic E-state index is 0.0411. The van der Waals surface area contributed by atoms with Crippen molar-refractivity contribution in [3.63, 3.8) is 0 Å². The molecule has 28 heavy (non-hydrogen) atoms. The molecule has 1 N–H and O–H groups in total. The summed E-state index contributed by atoms with van der Waals surface area (Å²) in [6, 6.07) is 11.7. The van der Waals surface area contributed by atoms with Gasteiger partial charge in [-0.1, -0.05) is 22.9 Å². The van der Waals surface area contributed by atoms with Crippen LogP contribution in [0.2, 0.25) is 0 Å². The van der Waals surface area contributed by atoms with Crippen molar-refractivity contribution in [3.8, 4) is 11.5 Å². The SMILES string of the molecule is Cc1cccc(-c2nc(CN3CCC(C(=O)NCc4ccco4)CC3)no2)c1. The van der Waals surface area contributed by atoms with E-state index in [9.17, 15) is 4.79 Å². The Hall–Kier alpha value is -2.93. The lowest BCUT2D eigenvalue weighted by molar-refractivity contribution is -0.126. The summed E-state index contributed by atoms with van der Waals surface area (Å²) in [6.07, 6.45) is 3.27. The molecule has 0 atom stereocenters. The van der Waals surface area contributed by atoms with Crippen molar-refractivity contribution >= 4 is 5.91 Å². The van der Waals surface area contributed by atoms with Gasteiger partial charge in [-0.3, -0.25) is 9.69 Å². The summed E-state index contributed by atoms with van der Waals surface area (Å²) in [5.41, 5.74) is 2.09. The largest absolute Gasteiger partial charge is 0.467 e. The fourth-order valence-corrected chi connectivity index (χ4v) is 3.50. The van der Waals surface area contributed by atoms with Gasteiger partial charge in [-0.25, -0.2) is 0 Å². The molecule has 4 rings (SSSR count). The molecule has 146 valence electrons. The molecule has 0 aliphatic carbocycles. The standard InChI is InChI=1S/C21H24N4O3/c1-15-4-2-5-17(12-15)21-23-19(24-28-21)14-25-9-7-16(8-10-25)20(26)22-13-18-6-3-11-27-18/h2-6,11-12,16H,7-10,13-14H2,1H3,(H,22,26). The highest BCUT2D eigenvalue weighted by atomic mass is 16.5. The molecule has 1 fully saturated rings. The quantitative estimate of drug-likeness (QED) is 0.707. The minimum Gasteiger partial charge on any atom is -0.467 e. The number of likely N-dealkylation sites (tertiary alicyclic amines) is 1. The van der Waals surface area contributed by atoms with E-state index in [2.05, 4.69) is 20.4 Å². The average molecular weight is 380 g/mol. The number of hydrogen-bond donors (Lipinski definition) is 1. The molecule has 0 radical (unpaired) electrons. The van der Waals surface area contributed by atoms with Gasteiger partial charge in [0.15, 0.2) is 5.82 Å². The summed E-state index contributed by atoms with van der Waals surface area (Å²) in [6.45, 7) is 4.79. The zero-order valence-electron chi connectivity index (χ0n) is 15.9. The van der Waals surface area contributed by atoms with Crippen LogP contribution < -0.4 is 5.32 Å². The Balaban J connectivity index is 1.26. The number of carbonyl (C=O) groups excluding carboxylic acids is 1. The van der Waals surface area contributed by atoms with E-state index in [0.29, 0.717) is 24.8 Å². The highest BCUT2D eigenvalue weighted by molar-refractivity contribution is 5.78. The molecule has 1 saturated heterocycles. The molecular weight excluding hydrogens is 356 g/mol. The van der Waals surface area contributed by atoms with Gasteiger partial charge in [0.25, 0.3) is 5.89 Å². The van der Waals surface area contributed by atoms with E-state index in [0.717, 1.165) is 42.8 Å². The number of aryl methyl sites for hydroxylation is 1. The Morgan fingerprint density at radius 1 is 1.25 bits per heavy atom. The number of hydrogen-bond acceptors (Lipinski definition) is 6. The summed E-state index contributed by atoms with van der Waals surface area (Å²) >= 11 is 0. The lowest BCUT2D eigenvalue weighted by atomic mass is 9.96. The molecule has 0 spiro atoms. The van der Waals surface area contributed by atoms with Gasteiger partial charge in [-0.05, 0) is 57.1 Å². The number of benzene rings is 1. The van der Waals surface area contributed by atoms with E-state index in [-0.39, 0.29) is 11.8 Å². The number of rotatable bonds is 6. The van der Waals surface area contributed by atoms with Crippen LogP contribution in [0.4, 0.5) is 0 Å². The number of amides is 1. The number of carbonyl (C=O) groups is 1. The van der Waals surface area contributed by atoms with E-state index in [4.69, 9.17) is 8.94 Å². The third kappa shape index (κ3) is 4.48.